The zero-order valence-electron chi connectivity index (χ0n) is 10.2. The molecule has 5 heteroatoms. The van der Waals surface area contributed by atoms with Crippen LogP contribution in [0.1, 0.15) is 25.5 Å². The average molecular weight is 223 g/mol. The molecule has 1 atom stereocenters. The molecule has 1 unspecified atom stereocenters. The summed E-state index contributed by atoms with van der Waals surface area (Å²) in [5, 5.41) is 11.3. The van der Waals surface area contributed by atoms with Gasteiger partial charge in [-0.3, -0.25) is 4.68 Å². The summed E-state index contributed by atoms with van der Waals surface area (Å²) in [6, 6.07) is 0.521. The van der Waals surface area contributed by atoms with E-state index in [0.717, 1.165) is 18.8 Å². The molecule has 1 aromatic rings. The molecule has 1 aliphatic rings. The van der Waals surface area contributed by atoms with E-state index in [1.807, 2.05) is 17.9 Å². The first-order valence-electron chi connectivity index (χ1n) is 6.05. The van der Waals surface area contributed by atoms with Gasteiger partial charge in [-0.15, -0.1) is 5.10 Å². The van der Waals surface area contributed by atoms with Crippen LogP contribution in [0.3, 0.4) is 0 Å². The molecule has 0 amide bonds. The standard InChI is InChI=1S/C11H21N5/c1-10(9-16-5-3-4-6-16)12-7-11-8-13-14-15(11)2/h8,10,12H,3-7,9H2,1-2H3. The lowest BCUT2D eigenvalue weighted by molar-refractivity contribution is 0.297. The Morgan fingerprint density at radius 3 is 2.81 bits per heavy atom. The highest BCUT2D eigenvalue weighted by molar-refractivity contribution is 4.92. The minimum absolute atomic E-state index is 0.521. The second kappa shape index (κ2) is 5.41. The Kier molecular flexibility index (Phi) is 3.90. The van der Waals surface area contributed by atoms with Crippen LogP contribution in [-0.2, 0) is 13.6 Å². The molecule has 5 nitrogen and oxygen atoms in total. The largest absolute Gasteiger partial charge is 0.307 e. The van der Waals surface area contributed by atoms with E-state index in [2.05, 4.69) is 27.5 Å². The van der Waals surface area contributed by atoms with Gasteiger partial charge >= 0.3 is 0 Å². The lowest BCUT2D eigenvalue weighted by Crippen LogP contribution is -2.37. The summed E-state index contributed by atoms with van der Waals surface area (Å²) in [6.45, 7) is 6.75. The van der Waals surface area contributed by atoms with Crippen LogP contribution >= 0.6 is 0 Å². The quantitative estimate of drug-likeness (QED) is 0.784. The summed E-state index contributed by atoms with van der Waals surface area (Å²) in [4.78, 5) is 2.53. The van der Waals surface area contributed by atoms with E-state index in [1.165, 1.54) is 25.9 Å². The minimum Gasteiger partial charge on any atom is -0.307 e. The molecule has 1 N–H and O–H groups in total. The Morgan fingerprint density at radius 2 is 2.19 bits per heavy atom. The SMILES string of the molecule is CC(CN1CCCC1)NCc1cnnn1C. The van der Waals surface area contributed by atoms with E-state index in [9.17, 15) is 0 Å². The van der Waals surface area contributed by atoms with Crippen LogP contribution in [0.5, 0.6) is 0 Å². The van der Waals surface area contributed by atoms with Crippen molar-refractivity contribution in [2.45, 2.75) is 32.4 Å². The molecule has 0 spiro atoms. The molecule has 2 heterocycles. The summed E-state index contributed by atoms with van der Waals surface area (Å²) < 4.78 is 1.82. The van der Waals surface area contributed by atoms with Crippen molar-refractivity contribution in [3.8, 4) is 0 Å². The normalized spacial score (nSPS) is 19.1. The summed E-state index contributed by atoms with van der Waals surface area (Å²) in [6.07, 6.45) is 4.53. The van der Waals surface area contributed by atoms with Gasteiger partial charge in [-0.05, 0) is 32.9 Å². The Bertz CT molecular complexity index is 316. The monoisotopic (exact) mass is 223 g/mol. The van der Waals surface area contributed by atoms with Gasteiger partial charge < -0.3 is 10.2 Å². The van der Waals surface area contributed by atoms with E-state index in [-0.39, 0.29) is 0 Å². The molecule has 1 fully saturated rings. The third-order valence-corrected chi connectivity index (χ3v) is 3.17. The van der Waals surface area contributed by atoms with E-state index < -0.39 is 0 Å². The number of hydrogen-bond donors (Lipinski definition) is 1. The Hall–Kier alpha value is -0.940. The predicted molar refractivity (Wildman–Crippen MR) is 63.0 cm³/mol. The molecular formula is C11H21N5. The maximum Gasteiger partial charge on any atom is 0.0738 e. The van der Waals surface area contributed by atoms with Gasteiger partial charge in [-0.2, -0.15) is 0 Å². The van der Waals surface area contributed by atoms with Gasteiger partial charge in [0.25, 0.3) is 0 Å². The number of likely N-dealkylation sites (tertiary alicyclic amines) is 1. The highest BCUT2D eigenvalue weighted by Crippen LogP contribution is 2.07. The van der Waals surface area contributed by atoms with Gasteiger partial charge in [0.1, 0.15) is 0 Å². The van der Waals surface area contributed by atoms with Gasteiger partial charge in [0.15, 0.2) is 0 Å². The lowest BCUT2D eigenvalue weighted by atomic mass is 10.3. The maximum absolute atomic E-state index is 3.91. The molecule has 0 saturated carbocycles. The number of aryl methyl sites for hydroxylation is 1. The first-order valence-corrected chi connectivity index (χ1v) is 6.05. The first kappa shape index (κ1) is 11.5. The molecule has 2 rings (SSSR count). The van der Waals surface area contributed by atoms with Crippen molar-refractivity contribution >= 4 is 0 Å². The van der Waals surface area contributed by atoms with Crippen molar-refractivity contribution in [3.63, 3.8) is 0 Å². The second-order valence-electron chi connectivity index (χ2n) is 4.64. The third-order valence-electron chi connectivity index (χ3n) is 3.17. The fourth-order valence-electron chi connectivity index (χ4n) is 2.17. The van der Waals surface area contributed by atoms with Gasteiger partial charge in [0.05, 0.1) is 11.9 Å². The summed E-state index contributed by atoms with van der Waals surface area (Å²) >= 11 is 0. The van der Waals surface area contributed by atoms with Crippen LogP contribution in [0, 0.1) is 0 Å². The van der Waals surface area contributed by atoms with Crippen LogP contribution in [0.15, 0.2) is 6.20 Å². The predicted octanol–water partition coefficient (Wildman–Crippen LogP) is 0.389. The van der Waals surface area contributed by atoms with Crippen molar-refractivity contribution in [3.05, 3.63) is 11.9 Å². The number of nitrogens with one attached hydrogen (secondary N) is 1. The molecule has 16 heavy (non-hydrogen) atoms. The van der Waals surface area contributed by atoms with Crippen LogP contribution < -0.4 is 5.32 Å². The minimum atomic E-state index is 0.521. The topological polar surface area (TPSA) is 46.0 Å². The lowest BCUT2D eigenvalue weighted by Gasteiger charge is -2.21. The van der Waals surface area contributed by atoms with E-state index in [4.69, 9.17) is 0 Å². The smallest absolute Gasteiger partial charge is 0.0738 e. The van der Waals surface area contributed by atoms with Crippen LogP contribution in [0.4, 0.5) is 0 Å². The van der Waals surface area contributed by atoms with Crippen LogP contribution in [0.2, 0.25) is 0 Å². The molecular weight excluding hydrogens is 202 g/mol. The molecule has 0 radical (unpaired) electrons. The van der Waals surface area contributed by atoms with E-state index >= 15 is 0 Å². The fourth-order valence-corrected chi connectivity index (χ4v) is 2.17. The number of nitrogens with zero attached hydrogens (tertiary/aromatic N) is 4. The third kappa shape index (κ3) is 3.02. The van der Waals surface area contributed by atoms with E-state index in [1.54, 1.807) is 0 Å². The highest BCUT2D eigenvalue weighted by atomic mass is 15.4. The fraction of sp³-hybridized carbons (Fsp3) is 0.818. The second-order valence-corrected chi connectivity index (χ2v) is 4.64. The molecule has 1 saturated heterocycles. The zero-order chi connectivity index (χ0) is 11.4. The van der Waals surface area contributed by atoms with Crippen molar-refractivity contribution in [2.75, 3.05) is 19.6 Å². The molecule has 1 aromatic heterocycles. The Morgan fingerprint density at radius 1 is 1.44 bits per heavy atom. The van der Waals surface area contributed by atoms with Crippen molar-refractivity contribution in [1.29, 1.82) is 0 Å². The van der Waals surface area contributed by atoms with Crippen molar-refractivity contribution in [1.82, 2.24) is 25.2 Å². The summed E-state index contributed by atoms with van der Waals surface area (Å²) in [7, 11) is 1.93. The molecule has 0 aliphatic carbocycles. The maximum atomic E-state index is 3.91. The van der Waals surface area contributed by atoms with E-state index in [0.29, 0.717) is 6.04 Å². The van der Waals surface area contributed by atoms with Crippen LogP contribution in [0.25, 0.3) is 0 Å². The number of hydrogen-bond acceptors (Lipinski definition) is 4. The van der Waals surface area contributed by atoms with Gasteiger partial charge in [0.2, 0.25) is 0 Å². The molecule has 1 aliphatic heterocycles. The average Bonchev–Trinajstić information content (AvgIpc) is 2.87. The van der Waals surface area contributed by atoms with Gasteiger partial charge in [-0.1, -0.05) is 5.21 Å². The number of aromatic nitrogens is 3. The molecule has 0 aromatic carbocycles. The summed E-state index contributed by atoms with van der Waals surface area (Å²) in [5.41, 5.74) is 1.13. The molecule has 0 bridgehead atoms. The van der Waals surface area contributed by atoms with Crippen LogP contribution in [-0.4, -0.2) is 45.6 Å². The summed E-state index contributed by atoms with van der Waals surface area (Å²) in [5.74, 6) is 0. The van der Waals surface area contributed by atoms with Crippen molar-refractivity contribution in [2.24, 2.45) is 7.05 Å². The Labute approximate surface area is 96.8 Å². The van der Waals surface area contributed by atoms with Gasteiger partial charge in [-0.25, -0.2) is 0 Å². The molecule has 90 valence electrons. The highest BCUT2D eigenvalue weighted by Gasteiger charge is 2.14. The van der Waals surface area contributed by atoms with Crippen molar-refractivity contribution < 1.29 is 0 Å². The number of rotatable bonds is 5. The Balaban J connectivity index is 1.71. The van der Waals surface area contributed by atoms with Gasteiger partial charge in [0, 0.05) is 26.2 Å². The first-order chi connectivity index (χ1) is 7.75. The zero-order valence-corrected chi connectivity index (χ0v) is 10.2.